The van der Waals surface area contributed by atoms with Crippen molar-refractivity contribution >= 4 is 12.1 Å². The summed E-state index contributed by atoms with van der Waals surface area (Å²) in [5.41, 5.74) is 2.59. The van der Waals surface area contributed by atoms with Gasteiger partial charge < -0.3 is 20.3 Å². The van der Waals surface area contributed by atoms with Gasteiger partial charge in [0.05, 0.1) is 18.8 Å². The first-order valence-corrected chi connectivity index (χ1v) is 10.2. The molecule has 1 amide bonds. The van der Waals surface area contributed by atoms with E-state index in [0.29, 0.717) is 19.6 Å². The standard InChI is InChI=1S/C23H33N5O2/c1-6-24-21(27-16-20-9-7-8-14-25-20)26-15-18-10-12-19(13-11-18)17-28(5)22(29)30-23(2,3)4/h7-14H,6,15-17H2,1-5H3,(H2,24,26,27). The number of benzene rings is 1. The van der Waals surface area contributed by atoms with Crippen LogP contribution in [0.15, 0.2) is 53.7 Å². The fourth-order valence-corrected chi connectivity index (χ4v) is 2.62. The Labute approximate surface area is 179 Å². The molecule has 0 bridgehead atoms. The molecule has 1 heterocycles. The van der Waals surface area contributed by atoms with E-state index < -0.39 is 5.60 Å². The van der Waals surface area contributed by atoms with Crippen molar-refractivity contribution < 1.29 is 9.53 Å². The normalized spacial score (nSPS) is 11.7. The second-order valence-electron chi connectivity index (χ2n) is 8.02. The highest BCUT2D eigenvalue weighted by molar-refractivity contribution is 5.79. The van der Waals surface area contributed by atoms with Crippen LogP contribution in [0.4, 0.5) is 4.79 Å². The molecule has 1 aromatic heterocycles. The molecular weight excluding hydrogens is 378 g/mol. The summed E-state index contributed by atoms with van der Waals surface area (Å²) < 4.78 is 5.39. The molecule has 0 fully saturated rings. The van der Waals surface area contributed by atoms with Crippen molar-refractivity contribution in [2.75, 3.05) is 13.6 Å². The summed E-state index contributed by atoms with van der Waals surface area (Å²) >= 11 is 0. The van der Waals surface area contributed by atoms with E-state index in [9.17, 15) is 4.79 Å². The first-order valence-electron chi connectivity index (χ1n) is 10.2. The van der Waals surface area contributed by atoms with Crippen LogP contribution >= 0.6 is 0 Å². The van der Waals surface area contributed by atoms with Gasteiger partial charge in [-0.3, -0.25) is 4.98 Å². The topological polar surface area (TPSA) is 78.9 Å². The average Bonchev–Trinajstić information content (AvgIpc) is 2.70. The highest BCUT2D eigenvalue weighted by atomic mass is 16.6. The average molecular weight is 412 g/mol. The van der Waals surface area contributed by atoms with E-state index in [0.717, 1.165) is 29.3 Å². The smallest absolute Gasteiger partial charge is 0.410 e. The minimum Gasteiger partial charge on any atom is -0.444 e. The summed E-state index contributed by atoms with van der Waals surface area (Å²) in [5.74, 6) is 0.747. The molecule has 0 aliphatic rings. The van der Waals surface area contributed by atoms with Crippen LogP contribution in [0.5, 0.6) is 0 Å². The van der Waals surface area contributed by atoms with Gasteiger partial charge in [0.1, 0.15) is 5.60 Å². The highest BCUT2D eigenvalue weighted by Gasteiger charge is 2.19. The molecule has 1 aromatic carbocycles. The summed E-state index contributed by atoms with van der Waals surface area (Å²) in [6.07, 6.45) is 1.45. The minimum absolute atomic E-state index is 0.328. The first kappa shape index (κ1) is 23.2. The van der Waals surface area contributed by atoms with Crippen LogP contribution in [0.25, 0.3) is 0 Å². The van der Waals surface area contributed by atoms with Crippen molar-refractivity contribution in [1.82, 2.24) is 20.5 Å². The van der Waals surface area contributed by atoms with Crippen LogP contribution in [-0.2, 0) is 24.4 Å². The number of nitrogens with zero attached hydrogens (tertiary/aromatic N) is 3. The SMILES string of the molecule is CCNC(=NCc1ccc(CN(C)C(=O)OC(C)(C)C)cc1)NCc1ccccn1. The molecule has 0 radical (unpaired) electrons. The number of guanidine groups is 1. The molecule has 7 nitrogen and oxygen atoms in total. The third-order valence-electron chi connectivity index (χ3n) is 4.07. The van der Waals surface area contributed by atoms with E-state index >= 15 is 0 Å². The van der Waals surface area contributed by atoms with Crippen molar-refractivity contribution in [2.45, 2.75) is 52.9 Å². The predicted octanol–water partition coefficient (Wildman–Crippen LogP) is 3.70. The van der Waals surface area contributed by atoms with Gasteiger partial charge in [-0.15, -0.1) is 0 Å². The maximum absolute atomic E-state index is 12.1. The van der Waals surface area contributed by atoms with Gasteiger partial charge in [-0.05, 0) is 51.0 Å². The number of aromatic nitrogens is 1. The lowest BCUT2D eigenvalue weighted by Gasteiger charge is -2.24. The van der Waals surface area contributed by atoms with Gasteiger partial charge in [0.2, 0.25) is 0 Å². The Morgan fingerprint density at radius 2 is 1.80 bits per heavy atom. The van der Waals surface area contributed by atoms with Crippen LogP contribution < -0.4 is 10.6 Å². The fraction of sp³-hybridized carbons (Fsp3) is 0.435. The summed E-state index contributed by atoms with van der Waals surface area (Å²) in [4.78, 5) is 22.6. The zero-order chi connectivity index (χ0) is 22.0. The Balaban J connectivity index is 1.90. The molecule has 2 aromatic rings. The third-order valence-corrected chi connectivity index (χ3v) is 4.07. The van der Waals surface area contributed by atoms with Gasteiger partial charge in [-0.2, -0.15) is 0 Å². The van der Waals surface area contributed by atoms with Crippen LogP contribution in [-0.4, -0.2) is 41.1 Å². The number of rotatable bonds is 7. The van der Waals surface area contributed by atoms with E-state index in [4.69, 9.17) is 4.74 Å². The predicted molar refractivity (Wildman–Crippen MR) is 120 cm³/mol. The van der Waals surface area contributed by atoms with Crippen molar-refractivity contribution in [3.05, 3.63) is 65.5 Å². The number of aliphatic imine (C=N–C) groups is 1. The molecule has 2 N–H and O–H groups in total. The monoisotopic (exact) mass is 411 g/mol. The zero-order valence-electron chi connectivity index (χ0n) is 18.6. The number of amides is 1. The lowest BCUT2D eigenvalue weighted by Crippen LogP contribution is -2.37. The molecule has 30 heavy (non-hydrogen) atoms. The lowest BCUT2D eigenvalue weighted by atomic mass is 10.1. The highest BCUT2D eigenvalue weighted by Crippen LogP contribution is 2.12. The van der Waals surface area contributed by atoms with E-state index in [2.05, 4.69) is 20.6 Å². The third kappa shape index (κ3) is 8.51. The molecule has 0 saturated heterocycles. The van der Waals surface area contributed by atoms with Crippen molar-refractivity contribution in [3.8, 4) is 0 Å². The van der Waals surface area contributed by atoms with Gasteiger partial charge in [0, 0.05) is 26.3 Å². The number of hydrogen-bond donors (Lipinski definition) is 2. The quantitative estimate of drug-likeness (QED) is 0.536. The molecule has 7 heteroatoms. The van der Waals surface area contributed by atoms with E-state index in [-0.39, 0.29) is 6.09 Å². The van der Waals surface area contributed by atoms with Crippen molar-refractivity contribution in [3.63, 3.8) is 0 Å². The maximum atomic E-state index is 12.1. The van der Waals surface area contributed by atoms with Gasteiger partial charge in [0.15, 0.2) is 5.96 Å². The Kier molecular flexibility index (Phi) is 8.65. The molecule has 0 spiro atoms. The molecule has 0 aliphatic heterocycles. The van der Waals surface area contributed by atoms with Gasteiger partial charge in [-0.25, -0.2) is 9.79 Å². The van der Waals surface area contributed by atoms with E-state index in [1.807, 2.05) is 70.2 Å². The zero-order valence-corrected chi connectivity index (χ0v) is 18.6. The molecule has 0 unspecified atom stereocenters. The molecule has 2 rings (SSSR count). The number of ether oxygens (including phenoxy) is 1. The number of carbonyl (C=O) groups excluding carboxylic acids is 1. The van der Waals surface area contributed by atoms with Crippen LogP contribution in [0.2, 0.25) is 0 Å². The van der Waals surface area contributed by atoms with E-state index in [1.54, 1.807) is 18.1 Å². The molecule has 0 aliphatic carbocycles. The fourth-order valence-electron chi connectivity index (χ4n) is 2.62. The van der Waals surface area contributed by atoms with Gasteiger partial charge in [-0.1, -0.05) is 30.3 Å². The molecule has 0 saturated carbocycles. The molecule has 162 valence electrons. The van der Waals surface area contributed by atoms with Gasteiger partial charge >= 0.3 is 6.09 Å². The van der Waals surface area contributed by atoms with Crippen LogP contribution in [0.1, 0.15) is 44.5 Å². The maximum Gasteiger partial charge on any atom is 0.410 e. The van der Waals surface area contributed by atoms with Crippen molar-refractivity contribution in [2.24, 2.45) is 4.99 Å². The number of pyridine rings is 1. The summed E-state index contributed by atoms with van der Waals surface area (Å²) in [6.45, 7) is 10.1. The lowest BCUT2D eigenvalue weighted by molar-refractivity contribution is 0.0285. The van der Waals surface area contributed by atoms with Crippen LogP contribution in [0, 0.1) is 0 Å². The van der Waals surface area contributed by atoms with Crippen molar-refractivity contribution in [1.29, 1.82) is 0 Å². The number of nitrogens with one attached hydrogen (secondary N) is 2. The van der Waals surface area contributed by atoms with Gasteiger partial charge in [0.25, 0.3) is 0 Å². The summed E-state index contributed by atoms with van der Waals surface area (Å²) in [5, 5.41) is 6.54. The second-order valence-corrected chi connectivity index (χ2v) is 8.02. The Bertz CT molecular complexity index is 814. The first-order chi connectivity index (χ1) is 14.3. The Morgan fingerprint density at radius 1 is 1.10 bits per heavy atom. The minimum atomic E-state index is -0.498. The summed E-state index contributed by atoms with van der Waals surface area (Å²) in [6, 6.07) is 13.9. The van der Waals surface area contributed by atoms with Crippen LogP contribution in [0.3, 0.4) is 0 Å². The number of hydrogen-bond acceptors (Lipinski definition) is 4. The second kappa shape index (κ2) is 11.2. The largest absolute Gasteiger partial charge is 0.444 e. The Morgan fingerprint density at radius 3 is 2.40 bits per heavy atom. The summed E-state index contributed by atoms with van der Waals surface area (Å²) in [7, 11) is 1.74. The molecular formula is C23H33N5O2. The number of carbonyl (C=O) groups is 1. The van der Waals surface area contributed by atoms with E-state index in [1.165, 1.54) is 0 Å². The molecule has 0 atom stereocenters. The Hall–Kier alpha value is -3.09.